The second kappa shape index (κ2) is 10.0. The van der Waals surface area contributed by atoms with Crippen LogP contribution in [0.25, 0.3) is 10.9 Å². The second-order valence-corrected chi connectivity index (χ2v) is 9.66. The van der Waals surface area contributed by atoms with Gasteiger partial charge in [-0.2, -0.15) is 0 Å². The van der Waals surface area contributed by atoms with Crippen molar-refractivity contribution in [2.24, 2.45) is 5.41 Å². The fraction of sp³-hybridized carbons (Fsp3) is 0.333. The molecule has 0 bridgehead atoms. The van der Waals surface area contributed by atoms with Gasteiger partial charge < -0.3 is 9.57 Å². The van der Waals surface area contributed by atoms with Gasteiger partial charge in [-0.1, -0.05) is 28.1 Å². The molecule has 0 spiro atoms. The predicted molar refractivity (Wildman–Crippen MR) is 127 cm³/mol. The van der Waals surface area contributed by atoms with Crippen molar-refractivity contribution in [2.45, 2.75) is 41.0 Å². The van der Waals surface area contributed by atoms with Gasteiger partial charge in [0.2, 0.25) is 0 Å². The van der Waals surface area contributed by atoms with Crippen molar-refractivity contribution >= 4 is 38.8 Å². The molecule has 0 radical (unpaired) electrons. The molecule has 1 heterocycles. The molecule has 0 atom stereocenters. The zero-order chi connectivity index (χ0) is 25.2. The van der Waals surface area contributed by atoms with E-state index in [0.717, 1.165) is 0 Å². The molecule has 0 saturated heterocycles. The van der Waals surface area contributed by atoms with Crippen LogP contribution >= 0.6 is 15.9 Å². The number of hydroxylamine groups is 2. The van der Waals surface area contributed by atoms with Gasteiger partial charge in [0.25, 0.3) is 5.56 Å². The van der Waals surface area contributed by atoms with Crippen LogP contribution in [0.15, 0.2) is 45.7 Å². The molecule has 0 N–H and O–H groups in total. The average Bonchev–Trinajstić information content (AvgIpc) is 2.74. The van der Waals surface area contributed by atoms with Gasteiger partial charge in [-0.15, -0.1) is 5.06 Å². The third-order valence-corrected chi connectivity index (χ3v) is 5.71. The van der Waals surface area contributed by atoms with E-state index in [-0.39, 0.29) is 24.4 Å². The monoisotopic (exact) mass is 533 g/mol. The molecule has 0 aliphatic heterocycles. The molecule has 8 nitrogen and oxygen atoms in total. The van der Waals surface area contributed by atoms with Crippen molar-refractivity contribution in [2.75, 3.05) is 7.05 Å². The summed E-state index contributed by atoms with van der Waals surface area (Å²) in [5.74, 6) is -1.55. The lowest BCUT2D eigenvalue weighted by atomic mass is 9.98. The number of rotatable bonds is 6. The van der Waals surface area contributed by atoms with Crippen molar-refractivity contribution in [3.05, 3.63) is 74.0 Å². The molecule has 10 heteroatoms. The lowest BCUT2D eigenvalue weighted by Crippen LogP contribution is -2.30. The van der Waals surface area contributed by atoms with Crippen LogP contribution < -0.4 is 5.56 Å². The minimum atomic E-state index is -0.835. The van der Waals surface area contributed by atoms with Crippen LogP contribution in [0.1, 0.15) is 42.5 Å². The van der Waals surface area contributed by atoms with Crippen LogP contribution in [0, 0.1) is 18.2 Å². The summed E-state index contributed by atoms with van der Waals surface area (Å²) in [6, 6.07) is 8.85. The average molecular weight is 534 g/mol. The Kier molecular flexibility index (Phi) is 7.52. The molecule has 0 saturated carbocycles. The van der Waals surface area contributed by atoms with Crippen LogP contribution in [0.2, 0.25) is 0 Å². The minimum absolute atomic E-state index is 0.114. The summed E-state index contributed by atoms with van der Waals surface area (Å²) in [4.78, 5) is 47.2. The number of hydrogen-bond donors (Lipinski definition) is 0. The SMILES string of the molecule is Cc1nc2cc(Br)c(CN(C)OC(=O)c3ccccc3F)cc2c(=O)n1COC(=O)C(C)(C)C. The molecule has 180 valence electrons. The van der Waals surface area contributed by atoms with Gasteiger partial charge in [-0.3, -0.25) is 14.2 Å². The van der Waals surface area contributed by atoms with E-state index >= 15 is 0 Å². The summed E-state index contributed by atoms with van der Waals surface area (Å²) in [5.41, 5.74) is -0.159. The lowest BCUT2D eigenvalue weighted by Gasteiger charge is -2.19. The van der Waals surface area contributed by atoms with Gasteiger partial charge in [0.15, 0.2) is 6.73 Å². The number of nitrogens with zero attached hydrogens (tertiary/aromatic N) is 3. The number of aryl methyl sites for hydroxylation is 1. The highest BCUT2D eigenvalue weighted by atomic mass is 79.9. The topological polar surface area (TPSA) is 90.7 Å². The Labute approximate surface area is 204 Å². The Morgan fingerprint density at radius 1 is 1.21 bits per heavy atom. The Bertz CT molecular complexity index is 1320. The molecule has 2 aromatic carbocycles. The van der Waals surface area contributed by atoms with Crippen molar-refractivity contribution in [3.63, 3.8) is 0 Å². The van der Waals surface area contributed by atoms with E-state index in [1.54, 1.807) is 45.9 Å². The van der Waals surface area contributed by atoms with E-state index in [0.29, 0.717) is 26.8 Å². The standard InChI is InChI=1S/C24H25BrFN3O5/c1-14-27-20-11-18(25)15(12-28(5)34-22(31)16-8-6-7-9-19(16)26)10-17(20)21(30)29(14)13-33-23(32)24(2,3)4/h6-11H,12-13H2,1-5H3. The summed E-state index contributed by atoms with van der Waals surface area (Å²) in [5, 5.41) is 1.55. The molecular weight excluding hydrogens is 509 g/mol. The normalized spacial score (nSPS) is 11.6. The maximum Gasteiger partial charge on any atom is 0.360 e. The van der Waals surface area contributed by atoms with E-state index in [2.05, 4.69) is 20.9 Å². The first-order chi connectivity index (χ1) is 15.9. The summed E-state index contributed by atoms with van der Waals surface area (Å²) in [7, 11) is 1.52. The highest BCUT2D eigenvalue weighted by Crippen LogP contribution is 2.24. The molecule has 3 aromatic rings. The molecule has 34 heavy (non-hydrogen) atoms. The third kappa shape index (κ3) is 5.68. The smallest absolute Gasteiger partial charge is 0.360 e. The quantitative estimate of drug-likeness (QED) is 0.343. The van der Waals surface area contributed by atoms with Crippen LogP contribution in [0.3, 0.4) is 0 Å². The number of ether oxygens (including phenoxy) is 1. The first-order valence-corrected chi connectivity index (χ1v) is 11.2. The number of esters is 1. The van der Waals surface area contributed by atoms with Gasteiger partial charge in [0.1, 0.15) is 11.6 Å². The van der Waals surface area contributed by atoms with E-state index < -0.39 is 23.2 Å². The first kappa shape index (κ1) is 25.5. The Morgan fingerprint density at radius 2 is 1.88 bits per heavy atom. The zero-order valence-corrected chi connectivity index (χ0v) is 21.1. The fourth-order valence-corrected chi connectivity index (χ4v) is 3.56. The van der Waals surface area contributed by atoms with Crippen LogP contribution in [-0.2, 0) is 27.6 Å². The molecule has 0 amide bonds. The number of fused-ring (bicyclic) bond motifs is 1. The Morgan fingerprint density at radius 3 is 2.53 bits per heavy atom. The Hall–Kier alpha value is -3.11. The molecule has 3 rings (SSSR count). The maximum absolute atomic E-state index is 13.8. The predicted octanol–water partition coefficient (Wildman–Crippen LogP) is 4.36. The fourth-order valence-electron chi connectivity index (χ4n) is 3.10. The minimum Gasteiger partial charge on any atom is -0.443 e. The van der Waals surface area contributed by atoms with Gasteiger partial charge >= 0.3 is 11.9 Å². The largest absolute Gasteiger partial charge is 0.443 e. The van der Waals surface area contributed by atoms with Crippen molar-refractivity contribution in [1.82, 2.24) is 14.6 Å². The van der Waals surface area contributed by atoms with E-state index in [1.165, 1.54) is 34.9 Å². The molecule has 0 aliphatic carbocycles. The van der Waals surface area contributed by atoms with Crippen LogP contribution in [-0.4, -0.2) is 33.6 Å². The van der Waals surface area contributed by atoms with Gasteiger partial charge in [-0.05, 0) is 57.5 Å². The molecule has 0 aliphatic rings. The van der Waals surface area contributed by atoms with Gasteiger partial charge in [-0.25, -0.2) is 14.2 Å². The summed E-state index contributed by atoms with van der Waals surface area (Å²) < 4.78 is 21.1. The van der Waals surface area contributed by atoms with E-state index in [1.807, 2.05) is 0 Å². The Balaban J connectivity index is 1.85. The number of carbonyl (C=O) groups is 2. The number of aromatic nitrogens is 2. The van der Waals surface area contributed by atoms with Gasteiger partial charge in [0, 0.05) is 11.5 Å². The van der Waals surface area contributed by atoms with Crippen LogP contribution in [0.5, 0.6) is 0 Å². The lowest BCUT2D eigenvalue weighted by molar-refractivity contribution is -0.157. The highest BCUT2D eigenvalue weighted by molar-refractivity contribution is 9.10. The van der Waals surface area contributed by atoms with Crippen molar-refractivity contribution < 1.29 is 23.6 Å². The van der Waals surface area contributed by atoms with Crippen molar-refractivity contribution in [1.29, 1.82) is 0 Å². The van der Waals surface area contributed by atoms with Gasteiger partial charge in [0.05, 0.1) is 28.4 Å². The third-order valence-electron chi connectivity index (χ3n) is 4.98. The van der Waals surface area contributed by atoms with Crippen LogP contribution in [0.4, 0.5) is 4.39 Å². The highest BCUT2D eigenvalue weighted by Gasteiger charge is 2.24. The second-order valence-electron chi connectivity index (χ2n) is 8.81. The zero-order valence-electron chi connectivity index (χ0n) is 19.5. The molecule has 0 unspecified atom stereocenters. The summed E-state index contributed by atoms with van der Waals surface area (Å²) in [6.07, 6.45) is 0. The number of hydrogen-bond acceptors (Lipinski definition) is 7. The molecule has 1 aromatic heterocycles. The molecular formula is C24H25BrFN3O5. The number of halogens is 2. The summed E-state index contributed by atoms with van der Waals surface area (Å²) in [6.45, 7) is 6.69. The summed E-state index contributed by atoms with van der Waals surface area (Å²) >= 11 is 3.46. The number of benzene rings is 2. The van der Waals surface area contributed by atoms with E-state index in [4.69, 9.17) is 9.57 Å². The number of carbonyl (C=O) groups excluding carboxylic acids is 2. The first-order valence-electron chi connectivity index (χ1n) is 10.4. The molecule has 0 fully saturated rings. The van der Waals surface area contributed by atoms with E-state index in [9.17, 15) is 18.8 Å². The maximum atomic E-state index is 13.8. The van der Waals surface area contributed by atoms with Crippen molar-refractivity contribution in [3.8, 4) is 0 Å².